The molecule has 2 rings (SSSR count). The van der Waals surface area contributed by atoms with Crippen molar-refractivity contribution in [2.24, 2.45) is 0 Å². The van der Waals surface area contributed by atoms with E-state index in [1.54, 1.807) is 0 Å². The number of likely N-dealkylation sites (N-methyl/N-ethyl adjacent to an activating group) is 1. The van der Waals surface area contributed by atoms with Crippen molar-refractivity contribution in [2.75, 3.05) is 37.8 Å². The molecule has 1 heterocycles. The summed E-state index contributed by atoms with van der Waals surface area (Å²) in [7, 11) is 4.25. The van der Waals surface area contributed by atoms with Crippen LogP contribution in [0, 0.1) is 0 Å². The molecule has 1 aliphatic heterocycles. The molecule has 94 valence electrons. The number of rotatable bonds is 3. The summed E-state index contributed by atoms with van der Waals surface area (Å²) in [5.74, 6) is 0. The third kappa shape index (κ3) is 2.93. The first kappa shape index (κ1) is 12.7. The van der Waals surface area contributed by atoms with E-state index in [0.717, 1.165) is 23.2 Å². The normalized spacial score (nSPS) is 20.2. The molecule has 1 aromatic rings. The summed E-state index contributed by atoms with van der Waals surface area (Å²) in [4.78, 5) is 4.69. The molecule has 1 aromatic carbocycles. The minimum absolute atomic E-state index is 0.591. The van der Waals surface area contributed by atoms with Crippen LogP contribution in [-0.2, 0) is 0 Å². The summed E-state index contributed by atoms with van der Waals surface area (Å²) in [6, 6.07) is 6.76. The lowest BCUT2D eigenvalue weighted by Gasteiger charge is -2.30. The topological polar surface area (TPSA) is 32.5 Å². The Morgan fingerprint density at radius 2 is 2.24 bits per heavy atom. The average molecular weight is 298 g/mol. The molecule has 0 aliphatic carbocycles. The Bertz CT molecular complexity index is 392. The summed E-state index contributed by atoms with van der Waals surface area (Å²) in [5, 5.41) is 0. The van der Waals surface area contributed by atoms with Gasteiger partial charge >= 0.3 is 0 Å². The second kappa shape index (κ2) is 5.27. The average Bonchev–Trinajstić information content (AvgIpc) is 2.65. The number of hydrogen-bond donors (Lipinski definition) is 1. The minimum atomic E-state index is 0.591. The molecular weight excluding hydrogens is 278 g/mol. The quantitative estimate of drug-likeness (QED) is 0.871. The van der Waals surface area contributed by atoms with Crippen LogP contribution in [0.4, 0.5) is 11.4 Å². The number of hydrogen-bond acceptors (Lipinski definition) is 3. The maximum absolute atomic E-state index is 6.11. The molecule has 1 aliphatic rings. The van der Waals surface area contributed by atoms with Crippen molar-refractivity contribution in [3.05, 3.63) is 22.7 Å². The Kier molecular flexibility index (Phi) is 3.94. The van der Waals surface area contributed by atoms with Gasteiger partial charge in [-0.1, -0.05) is 15.9 Å². The van der Waals surface area contributed by atoms with Crippen molar-refractivity contribution >= 4 is 27.3 Å². The summed E-state index contributed by atoms with van der Waals surface area (Å²) in [6.07, 6.45) is 2.52. The Morgan fingerprint density at radius 1 is 1.47 bits per heavy atom. The van der Waals surface area contributed by atoms with Crippen LogP contribution in [0.3, 0.4) is 0 Å². The van der Waals surface area contributed by atoms with Crippen molar-refractivity contribution in [2.45, 2.75) is 18.9 Å². The van der Waals surface area contributed by atoms with E-state index in [1.165, 1.54) is 18.5 Å². The van der Waals surface area contributed by atoms with Crippen LogP contribution < -0.4 is 10.6 Å². The first-order chi connectivity index (χ1) is 8.08. The first-order valence-corrected chi connectivity index (χ1v) is 6.83. The predicted molar refractivity (Wildman–Crippen MR) is 77.5 cm³/mol. The number of benzene rings is 1. The fraction of sp³-hybridized carbons (Fsp3) is 0.538. The standard InChI is InChI=1S/C13H20BrN3/c1-16(2)9-11-4-3-7-17(11)13-6-5-10(14)8-12(13)15/h5-6,8,11H,3-4,7,9,15H2,1-2H3. The van der Waals surface area contributed by atoms with Gasteiger partial charge in [-0.2, -0.15) is 0 Å². The Labute approximate surface area is 112 Å². The van der Waals surface area contributed by atoms with Crippen LogP contribution in [0.1, 0.15) is 12.8 Å². The van der Waals surface area contributed by atoms with Crippen molar-refractivity contribution in [1.29, 1.82) is 0 Å². The van der Waals surface area contributed by atoms with Gasteiger partial charge in [-0.3, -0.25) is 0 Å². The zero-order valence-corrected chi connectivity index (χ0v) is 12.1. The van der Waals surface area contributed by atoms with Gasteiger partial charge in [0.05, 0.1) is 11.4 Å². The largest absolute Gasteiger partial charge is 0.397 e. The van der Waals surface area contributed by atoms with Crippen LogP contribution in [0.5, 0.6) is 0 Å². The highest BCUT2D eigenvalue weighted by Crippen LogP contribution is 2.32. The van der Waals surface area contributed by atoms with E-state index in [1.807, 2.05) is 6.07 Å². The van der Waals surface area contributed by atoms with E-state index in [2.05, 4.69) is 52.0 Å². The summed E-state index contributed by atoms with van der Waals surface area (Å²) in [5.41, 5.74) is 8.15. The van der Waals surface area contributed by atoms with E-state index in [9.17, 15) is 0 Å². The zero-order chi connectivity index (χ0) is 12.4. The lowest BCUT2D eigenvalue weighted by atomic mass is 10.2. The Balaban J connectivity index is 2.20. The smallest absolute Gasteiger partial charge is 0.0603 e. The second-order valence-electron chi connectivity index (χ2n) is 4.95. The molecule has 17 heavy (non-hydrogen) atoms. The van der Waals surface area contributed by atoms with Crippen molar-refractivity contribution < 1.29 is 0 Å². The molecule has 1 atom stereocenters. The van der Waals surface area contributed by atoms with Gasteiger partial charge in [0.25, 0.3) is 0 Å². The maximum Gasteiger partial charge on any atom is 0.0603 e. The molecule has 4 heteroatoms. The van der Waals surface area contributed by atoms with E-state index in [0.29, 0.717) is 6.04 Å². The highest BCUT2D eigenvalue weighted by molar-refractivity contribution is 9.10. The van der Waals surface area contributed by atoms with Gasteiger partial charge in [-0.15, -0.1) is 0 Å². The molecule has 0 radical (unpaired) electrons. The second-order valence-corrected chi connectivity index (χ2v) is 5.87. The number of nitrogens with two attached hydrogens (primary N) is 1. The van der Waals surface area contributed by atoms with Crippen LogP contribution >= 0.6 is 15.9 Å². The summed E-state index contributed by atoms with van der Waals surface area (Å²) in [6.45, 7) is 2.21. The summed E-state index contributed by atoms with van der Waals surface area (Å²) < 4.78 is 1.04. The molecule has 3 nitrogen and oxygen atoms in total. The molecule has 0 bridgehead atoms. The third-order valence-electron chi connectivity index (χ3n) is 3.25. The third-order valence-corrected chi connectivity index (χ3v) is 3.75. The first-order valence-electron chi connectivity index (χ1n) is 6.04. The molecule has 1 fully saturated rings. The highest BCUT2D eigenvalue weighted by Gasteiger charge is 2.26. The lowest BCUT2D eigenvalue weighted by molar-refractivity contribution is 0.372. The molecule has 1 unspecified atom stereocenters. The van der Waals surface area contributed by atoms with Gasteiger partial charge in [0.15, 0.2) is 0 Å². The predicted octanol–water partition coefficient (Wildman–Crippen LogP) is 2.56. The zero-order valence-electron chi connectivity index (χ0n) is 10.5. The number of anilines is 2. The van der Waals surface area contributed by atoms with E-state index < -0.39 is 0 Å². The van der Waals surface area contributed by atoms with Crippen LogP contribution in [0.15, 0.2) is 22.7 Å². The molecule has 0 amide bonds. The number of halogens is 1. The number of nitrogens with zero attached hydrogens (tertiary/aromatic N) is 2. The van der Waals surface area contributed by atoms with Gasteiger partial charge in [0.1, 0.15) is 0 Å². The Morgan fingerprint density at radius 3 is 2.88 bits per heavy atom. The van der Waals surface area contributed by atoms with E-state index in [-0.39, 0.29) is 0 Å². The van der Waals surface area contributed by atoms with Crippen LogP contribution in [0.2, 0.25) is 0 Å². The molecule has 0 aromatic heterocycles. The molecular formula is C13H20BrN3. The maximum atomic E-state index is 6.11. The minimum Gasteiger partial charge on any atom is -0.397 e. The van der Waals surface area contributed by atoms with Crippen molar-refractivity contribution in [3.8, 4) is 0 Å². The van der Waals surface area contributed by atoms with Gasteiger partial charge < -0.3 is 15.5 Å². The van der Waals surface area contributed by atoms with Crippen molar-refractivity contribution in [1.82, 2.24) is 4.90 Å². The van der Waals surface area contributed by atoms with E-state index in [4.69, 9.17) is 5.73 Å². The SMILES string of the molecule is CN(C)CC1CCCN1c1ccc(Br)cc1N. The van der Waals surface area contributed by atoms with Gasteiger partial charge in [-0.05, 0) is 45.1 Å². The molecule has 2 N–H and O–H groups in total. The highest BCUT2D eigenvalue weighted by atomic mass is 79.9. The monoisotopic (exact) mass is 297 g/mol. The lowest BCUT2D eigenvalue weighted by Crippen LogP contribution is -2.37. The Hall–Kier alpha value is -0.740. The summed E-state index contributed by atoms with van der Waals surface area (Å²) >= 11 is 3.45. The van der Waals surface area contributed by atoms with Crippen molar-refractivity contribution in [3.63, 3.8) is 0 Å². The fourth-order valence-electron chi connectivity index (χ4n) is 2.55. The fourth-order valence-corrected chi connectivity index (χ4v) is 2.93. The molecule has 1 saturated heterocycles. The molecule has 0 spiro atoms. The van der Waals surface area contributed by atoms with Gasteiger partial charge in [0, 0.05) is 23.6 Å². The van der Waals surface area contributed by atoms with Crippen LogP contribution in [0.25, 0.3) is 0 Å². The van der Waals surface area contributed by atoms with Crippen LogP contribution in [-0.4, -0.2) is 38.1 Å². The van der Waals surface area contributed by atoms with E-state index >= 15 is 0 Å². The van der Waals surface area contributed by atoms with Gasteiger partial charge in [0.2, 0.25) is 0 Å². The molecule has 0 saturated carbocycles. The number of nitrogen functional groups attached to an aromatic ring is 1. The van der Waals surface area contributed by atoms with Gasteiger partial charge in [-0.25, -0.2) is 0 Å².